The summed E-state index contributed by atoms with van der Waals surface area (Å²) >= 11 is 0. The summed E-state index contributed by atoms with van der Waals surface area (Å²) in [5, 5.41) is 6.13. The molecule has 1 aliphatic rings. The normalized spacial score (nSPS) is 17.7. The van der Waals surface area contributed by atoms with E-state index in [4.69, 9.17) is 4.74 Å². The minimum absolute atomic E-state index is 0.0919. The van der Waals surface area contributed by atoms with Crippen LogP contribution in [0.4, 0.5) is 0 Å². The number of ether oxygens (including phenoxy) is 1. The van der Waals surface area contributed by atoms with E-state index in [1.165, 1.54) is 0 Å². The van der Waals surface area contributed by atoms with Gasteiger partial charge in [-0.25, -0.2) is 0 Å². The van der Waals surface area contributed by atoms with Gasteiger partial charge >= 0.3 is 0 Å². The van der Waals surface area contributed by atoms with Gasteiger partial charge in [-0.15, -0.1) is 0 Å². The Morgan fingerprint density at radius 3 is 2.43 bits per heavy atom. The zero-order chi connectivity index (χ0) is 24.6. The van der Waals surface area contributed by atoms with Gasteiger partial charge in [-0.1, -0.05) is 54.6 Å². The van der Waals surface area contributed by atoms with Crippen molar-refractivity contribution in [2.75, 3.05) is 33.8 Å². The van der Waals surface area contributed by atoms with E-state index >= 15 is 0 Å². The van der Waals surface area contributed by atoms with Crippen LogP contribution in [0.25, 0.3) is 0 Å². The molecule has 2 N–H and O–H groups in total. The molecular formula is C29H33N3O3. The zero-order valence-electron chi connectivity index (χ0n) is 20.4. The first kappa shape index (κ1) is 24.5. The van der Waals surface area contributed by atoms with Gasteiger partial charge in [0.2, 0.25) is 5.91 Å². The van der Waals surface area contributed by atoms with Crippen molar-refractivity contribution in [3.63, 3.8) is 0 Å². The minimum atomic E-state index is -0.106. The molecule has 0 aromatic heterocycles. The smallest absolute Gasteiger partial charge is 0.251 e. The van der Waals surface area contributed by atoms with E-state index < -0.39 is 0 Å². The number of methoxy groups -OCH3 is 1. The summed E-state index contributed by atoms with van der Waals surface area (Å²) in [5.74, 6) is 0.841. The molecule has 0 aliphatic carbocycles. The third-order valence-electron chi connectivity index (χ3n) is 6.58. The van der Waals surface area contributed by atoms with E-state index in [2.05, 4.69) is 34.7 Å². The Morgan fingerprint density at radius 1 is 0.914 bits per heavy atom. The number of carbonyl (C=O) groups is 2. The number of benzene rings is 3. The van der Waals surface area contributed by atoms with Crippen LogP contribution in [0.1, 0.15) is 33.0 Å². The molecule has 0 radical (unpaired) electrons. The van der Waals surface area contributed by atoms with Crippen molar-refractivity contribution >= 4 is 11.8 Å². The van der Waals surface area contributed by atoms with Crippen LogP contribution in [0.3, 0.4) is 0 Å². The molecule has 3 aromatic carbocycles. The van der Waals surface area contributed by atoms with Crippen LogP contribution in [-0.4, -0.2) is 50.5 Å². The standard InChI is InChI=1S/C29H33N3O3/c1-32-19-26(27(20-32)29(34)30-16-15-21-11-13-25(35-2)14-12-21)24-10-6-7-22(17-24)18-31-28(33)23-8-4-3-5-9-23/h3-14,17,26-27H,15-16,18-20H2,1-2H3,(H,30,34)(H,31,33)/t26-,27-/m0/s1. The van der Waals surface area contributed by atoms with Gasteiger partial charge in [-0.3, -0.25) is 9.59 Å². The van der Waals surface area contributed by atoms with Crippen molar-refractivity contribution in [3.05, 3.63) is 101 Å². The first-order valence-electron chi connectivity index (χ1n) is 12.0. The minimum Gasteiger partial charge on any atom is -0.497 e. The summed E-state index contributed by atoms with van der Waals surface area (Å²) in [6.07, 6.45) is 0.777. The molecule has 2 atom stereocenters. The fourth-order valence-corrected chi connectivity index (χ4v) is 4.66. The number of amides is 2. The lowest BCUT2D eigenvalue weighted by Gasteiger charge is -2.19. The number of hydrogen-bond donors (Lipinski definition) is 2. The Hall–Kier alpha value is -3.64. The topological polar surface area (TPSA) is 70.7 Å². The highest BCUT2D eigenvalue weighted by atomic mass is 16.5. The zero-order valence-corrected chi connectivity index (χ0v) is 20.4. The summed E-state index contributed by atoms with van der Waals surface area (Å²) in [5.41, 5.74) is 3.97. The lowest BCUT2D eigenvalue weighted by molar-refractivity contribution is -0.124. The van der Waals surface area contributed by atoms with Crippen LogP contribution in [0.2, 0.25) is 0 Å². The maximum absolute atomic E-state index is 13.1. The van der Waals surface area contributed by atoms with E-state index in [0.717, 1.165) is 42.0 Å². The number of rotatable bonds is 9. The molecule has 1 heterocycles. The van der Waals surface area contributed by atoms with Crippen molar-refractivity contribution in [2.24, 2.45) is 5.92 Å². The van der Waals surface area contributed by atoms with Gasteiger partial charge in [0, 0.05) is 37.7 Å². The Bertz CT molecular complexity index is 1130. The van der Waals surface area contributed by atoms with Crippen LogP contribution in [-0.2, 0) is 17.8 Å². The van der Waals surface area contributed by atoms with Crippen LogP contribution >= 0.6 is 0 Å². The fraction of sp³-hybridized carbons (Fsp3) is 0.310. The predicted molar refractivity (Wildman–Crippen MR) is 137 cm³/mol. The lowest BCUT2D eigenvalue weighted by atomic mass is 9.87. The Balaban J connectivity index is 1.35. The second-order valence-corrected chi connectivity index (χ2v) is 9.12. The van der Waals surface area contributed by atoms with Gasteiger partial charge in [0.1, 0.15) is 5.75 Å². The molecule has 1 fully saturated rings. The van der Waals surface area contributed by atoms with Crippen molar-refractivity contribution in [1.82, 2.24) is 15.5 Å². The molecular weight excluding hydrogens is 438 g/mol. The van der Waals surface area contributed by atoms with Crippen molar-refractivity contribution < 1.29 is 14.3 Å². The average Bonchev–Trinajstić information content (AvgIpc) is 3.30. The van der Waals surface area contributed by atoms with Crippen LogP contribution in [0.5, 0.6) is 5.75 Å². The molecule has 0 saturated carbocycles. The molecule has 6 nitrogen and oxygen atoms in total. The largest absolute Gasteiger partial charge is 0.497 e. The van der Waals surface area contributed by atoms with Gasteiger partial charge in [0.15, 0.2) is 0 Å². The number of nitrogens with zero attached hydrogens (tertiary/aromatic N) is 1. The third kappa shape index (κ3) is 6.49. The predicted octanol–water partition coefficient (Wildman–Crippen LogP) is 3.63. The van der Waals surface area contributed by atoms with Crippen molar-refractivity contribution in [2.45, 2.75) is 18.9 Å². The molecule has 0 unspecified atom stereocenters. The van der Waals surface area contributed by atoms with Crippen LogP contribution in [0.15, 0.2) is 78.9 Å². The highest BCUT2D eigenvalue weighted by Gasteiger charge is 2.36. The molecule has 182 valence electrons. The maximum Gasteiger partial charge on any atom is 0.251 e. The average molecular weight is 472 g/mol. The van der Waals surface area contributed by atoms with Crippen molar-refractivity contribution in [1.29, 1.82) is 0 Å². The number of nitrogens with one attached hydrogen (secondary N) is 2. The van der Waals surface area contributed by atoms with Crippen molar-refractivity contribution in [3.8, 4) is 5.75 Å². The third-order valence-corrected chi connectivity index (χ3v) is 6.58. The first-order valence-corrected chi connectivity index (χ1v) is 12.0. The van der Waals surface area contributed by atoms with E-state index in [1.807, 2.05) is 54.6 Å². The first-order chi connectivity index (χ1) is 17.0. The summed E-state index contributed by atoms with van der Waals surface area (Å²) < 4.78 is 5.20. The second kappa shape index (κ2) is 11.7. The molecule has 3 aromatic rings. The molecule has 2 amide bonds. The number of likely N-dealkylation sites (tertiary alicyclic amines) is 1. The summed E-state index contributed by atoms with van der Waals surface area (Å²) in [6, 6.07) is 25.4. The fourth-order valence-electron chi connectivity index (χ4n) is 4.66. The quantitative estimate of drug-likeness (QED) is 0.500. The van der Waals surface area contributed by atoms with E-state index in [1.54, 1.807) is 19.2 Å². The molecule has 0 bridgehead atoms. The highest BCUT2D eigenvalue weighted by molar-refractivity contribution is 5.94. The van der Waals surface area contributed by atoms with E-state index in [9.17, 15) is 9.59 Å². The second-order valence-electron chi connectivity index (χ2n) is 9.12. The maximum atomic E-state index is 13.1. The van der Waals surface area contributed by atoms with Gasteiger partial charge < -0.3 is 20.3 Å². The van der Waals surface area contributed by atoms with Crippen LogP contribution < -0.4 is 15.4 Å². The van der Waals surface area contributed by atoms with Gasteiger partial charge in [0.25, 0.3) is 5.91 Å². The lowest BCUT2D eigenvalue weighted by Crippen LogP contribution is -2.35. The molecule has 4 rings (SSSR count). The number of likely N-dealkylation sites (N-methyl/N-ethyl adjacent to an activating group) is 1. The van der Waals surface area contributed by atoms with Gasteiger partial charge in [0.05, 0.1) is 13.0 Å². The Labute approximate surface area is 207 Å². The molecule has 0 spiro atoms. The van der Waals surface area contributed by atoms with Gasteiger partial charge in [-0.05, 0) is 54.4 Å². The summed E-state index contributed by atoms with van der Waals surface area (Å²) in [4.78, 5) is 27.7. The van der Waals surface area contributed by atoms with Gasteiger partial charge in [-0.2, -0.15) is 0 Å². The number of hydrogen-bond acceptors (Lipinski definition) is 4. The van der Waals surface area contributed by atoms with E-state index in [-0.39, 0.29) is 23.7 Å². The molecule has 6 heteroatoms. The Kier molecular flexibility index (Phi) is 8.16. The van der Waals surface area contributed by atoms with Crippen LogP contribution in [0, 0.1) is 5.92 Å². The summed E-state index contributed by atoms with van der Waals surface area (Å²) in [6.45, 7) is 2.61. The highest BCUT2D eigenvalue weighted by Crippen LogP contribution is 2.32. The molecule has 1 saturated heterocycles. The molecule has 1 aliphatic heterocycles. The SMILES string of the molecule is COc1ccc(CCNC(=O)[C@H]2CN(C)C[C@H]2c2cccc(CNC(=O)c3ccccc3)c2)cc1. The monoisotopic (exact) mass is 471 g/mol. The number of carbonyl (C=O) groups excluding carboxylic acids is 2. The van der Waals surface area contributed by atoms with E-state index in [0.29, 0.717) is 18.7 Å². The summed E-state index contributed by atoms with van der Waals surface area (Å²) in [7, 11) is 3.71. The Morgan fingerprint density at radius 2 is 1.69 bits per heavy atom. The molecule has 35 heavy (non-hydrogen) atoms.